The molecule has 1 saturated carbocycles. The maximum Gasteiger partial charge on any atom is 0.243 e. The largest absolute Gasteiger partial charge is 0.349 e. The van der Waals surface area contributed by atoms with Gasteiger partial charge >= 0.3 is 0 Å². The number of carbonyl (C=O) groups excluding carboxylic acids is 2. The molecule has 1 N–H and O–H groups in total. The Morgan fingerprint density at radius 1 is 1.41 bits per heavy atom. The second-order valence-electron chi connectivity index (χ2n) is 6.61. The third-order valence-electron chi connectivity index (χ3n) is 4.91. The highest BCUT2D eigenvalue weighted by Crippen LogP contribution is 2.40. The van der Waals surface area contributed by atoms with E-state index in [9.17, 15) is 9.59 Å². The van der Waals surface area contributed by atoms with E-state index in [1.807, 2.05) is 10.3 Å². The van der Waals surface area contributed by atoms with Gasteiger partial charge in [-0.1, -0.05) is 6.92 Å². The molecule has 1 aliphatic heterocycles. The Morgan fingerprint density at radius 3 is 2.82 bits per heavy atom. The van der Waals surface area contributed by atoms with E-state index >= 15 is 0 Å². The first-order valence-corrected chi connectivity index (χ1v) is 9.07. The molecule has 0 spiro atoms. The van der Waals surface area contributed by atoms with E-state index in [4.69, 9.17) is 0 Å². The van der Waals surface area contributed by atoms with Gasteiger partial charge in [-0.3, -0.25) is 9.59 Å². The Labute approximate surface area is 135 Å². The summed E-state index contributed by atoms with van der Waals surface area (Å²) in [5.41, 5.74) is 1.22. The lowest BCUT2D eigenvalue weighted by molar-refractivity contribution is -0.143. The zero-order valence-electron chi connectivity index (χ0n) is 13.3. The van der Waals surface area contributed by atoms with Crippen molar-refractivity contribution in [3.63, 3.8) is 0 Å². The molecule has 22 heavy (non-hydrogen) atoms. The minimum absolute atomic E-state index is 0.00848. The molecule has 120 valence electrons. The number of nitrogens with one attached hydrogen (secondary N) is 1. The number of amides is 2. The lowest BCUT2D eigenvalue weighted by atomic mass is 10.0. The van der Waals surface area contributed by atoms with Crippen LogP contribution in [0.5, 0.6) is 0 Å². The van der Waals surface area contributed by atoms with Gasteiger partial charge in [0.25, 0.3) is 0 Å². The highest BCUT2D eigenvalue weighted by atomic mass is 32.1. The average Bonchev–Trinajstić information content (AvgIpc) is 3.12. The zero-order chi connectivity index (χ0) is 15.7. The van der Waals surface area contributed by atoms with Crippen LogP contribution in [0.4, 0.5) is 0 Å². The highest BCUT2D eigenvalue weighted by molar-refractivity contribution is 7.10. The minimum Gasteiger partial charge on any atom is -0.349 e. The van der Waals surface area contributed by atoms with E-state index in [-0.39, 0.29) is 23.8 Å². The fourth-order valence-corrected chi connectivity index (χ4v) is 4.06. The molecule has 1 aliphatic carbocycles. The fraction of sp³-hybridized carbons (Fsp3) is 0.647. The molecule has 5 heteroatoms. The summed E-state index contributed by atoms with van der Waals surface area (Å²) in [6.45, 7) is 5.48. The monoisotopic (exact) mass is 320 g/mol. The van der Waals surface area contributed by atoms with Crippen molar-refractivity contribution in [3.05, 3.63) is 21.9 Å². The summed E-state index contributed by atoms with van der Waals surface area (Å²) < 4.78 is 0. The number of piperidine rings is 1. The van der Waals surface area contributed by atoms with E-state index in [1.165, 1.54) is 10.4 Å². The van der Waals surface area contributed by atoms with Crippen molar-refractivity contribution in [2.24, 2.45) is 11.8 Å². The van der Waals surface area contributed by atoms with Crippen LogP contribution in [0, 0.1) is 18.8 Å². The number of rotatable bonds is 4. The number of carbonyl (C=O) groups is 2. The molecule has 1 saturated heterocycles. The number of hydrogen-bond donors (Lipinski definition) is 1. The maximum atomic E-state index is 12.5. The zero-order valence-corrected chi connectivity index (χ0v) is 14.1. The Kier molecular flexibility index (Phi) is 4.52. The molecule has 2 aliphatic rings. The lowest BCUT2D eigenvalue weighted by Crippen LogP contribution is -2.52. The Hall–Kier alpha value is -1.36. The van der Waals surface area contributed by atoms with Crippen LogP contribution in [0.3, 0.4) is 0 Å². The first kappa shape index (κ1) is 15.5. The third-order valence-corrected chi connectivity index (χ3v) is 5.93. The van der Waals surface area contributed by atoms with Crippen LogP contribution in [0.25, 0.3) is 0 Å². The lowest BCUT2D eigenvalue weighted by Gasteiger charge is -2.35. The fourth-order valence-electron chi connectivity index (χ4n) is 3.22. The van der Waals surface area contributed by atoms with Gasteiger partial charge in [-0.15, -0.1) is 11.3 Å². The van der Waals surface area contributed by atoms with Crippen molar-refractivity contribution in [2.75, 3.05) is 6.54 Å². The van der Waals surface area contributed by atoms with Gasteiger partial charge in [0.1, 0.15) is 6.04 Å². The average molecular weight is 320 g/mol. The van der Waals surface area contributed by atoms with Crippen LogP contribution in [0.15, 0.2) is 11.4 Å². The Balaban J connectivity index is 1.61. The second kappa shape index (κ2) is 6.41. The summed E-state index contributed by atoms with van der Waals surface area (Å²) in [6.07, 6.45) is 3.82. The Bertz CT molecular complexity index is 569. The number of hydrogen-bond acceptors (Lipinski definition) is 3. The minimum atomic E-state index is -0.269. The molecule has 2 amide bonds. The third kappa shape index (κ3) is 3.19. The molecule has 2 heterocycles. The maximum absolute atomic E-state index is 12.5. The predicted molar refractivity (Wildman–Crippen MR) is 87.5 cm³/mol. The van der Waals surface area contributed by atoms with Crippen molar-refractivity contribution in [2.45, 2.75) is 52.1 Å². The smallest absolute Gasteiger partial charge is 0.243 e. The first-order valence-electron chi connectivity index (χ1n) is 8.19. The summed E-state index contributed by atoms with van der Waals surface area (Å²) in [6, 6.07) is 1.80. The van der Waals surface area contributed by atoms with Crippen LogP contribution in [0.2, 0.25) is 0 Å². The molecule has 0 radical (unpaired) electrons. The molecule has 4 nitrogen and oxygen atoms in total. The Morgan fingerprint density at radius 2 is 2.18 bits per heavy atom. The second-order valence-corrected chi connectivity index (χ2v) is 7.61. The molecule has 1 aromatic heterocycles. The van der Waals surface area contributed by atoms with Crippen LogP contribution in [-0.2, 0) is 16.1 Å². The van der Waals surface area contributed by atoms with Gasteiger partial charge in [-0.05, 0) is 55.5 Å². The molecular weight excluding hydrogens is 296 g/mol. The van der Waals surface area contributed by atoms with Crippen molar-refractivity contribution < 1.29 is 9.59 Å². The van der Waals surface area contributed by atoms with E-state index in [2.05, 4.69) is 25.2 Å². The topological polar surface area (TPSA) is 49.4 Å². The summed E-state index contributed by atoms with van der Waals surface area (Å²) in [5, 5.41) is 5.07. The van der Waals surface area contributed by atoms with Gasteiger partial charge in [-0.25, -0.2) is 0 Å². The molecular formula is C17H24N2O2S. The summed E-state index contributed by atoms with van der Waals surface area (Å²) in [5.74, 6) is 0.855. The molecule has 3 rings (SSSR count). The normalized spacial score (nSPS) is 27.5. The molecule has 0 aromatic carbocycles. The van der Waals surface area contributed by atoms with Crippen LogP contribution in [-0.4, -0.2) is 29.3 Å². The molecule has 0 bridgehead atoms. The van der Waals surface area contributed by atoms with Gasteiger partial charge in [0.15, 0.2) is 0 Å². The van der Waals surface area contributed by atoms with Gasteiger partial charge in [0.05, 0.1) is 6.54 Å². The first-order chi connectivity index (χ1) is 10.6. The highest BCUT2D eigenvalue weighted by Gasteiger charge is 2.44. The molecule has 1 aromatic rings. The summed E-state index contributed by atoms with van der Waals surface area (Å²) in [4.78, 5) is 28.1. The standard InChI is InChI=1S/C17H24N2O2S/c1-11-6-8-22-15(11)10-18-16(20)14-5-3-4-7-19(14)17(21)13-9-12(13)2/h6,8,12-14H,3-5,7,9-10H2,1-2H3,(H,18,20)/t12-,13-,14-/m0/s1. The van der Waals surface area contributed by atoms with E-state index in [1.54, 1.807) is 11.3 Å². The predicted octanol–water partition coefficient (Wildman–Crippen LogP) is 2.71. The molecule has 0 unspecified atom stereocenters. The van der Waals surface area contributed by atoms with Crippen LogP contribution in [0.1, 0.15) is 43.0 Å². The van der Waals surface area contributed by atoms with E-state index in [0.717, 1.165) is 32.2 Å². The van der Waals surface area contributed by atoms with Crippen molar-refractivity contribution >= 4 is 23.2 Å². The number of nitrogens with zero attached hydrogens (tertiary/aromatic N) is 1. The van der Waals surface area contributed by atoms with E-state index in [0.29, 0.717) is 12.5 Å². The van der Waals surface area contributed by atoms with Gasteiger partial charge in [0.2, 0.25) is 11.8 Å². The van der Waals surface area contributed by atoms with Crippen LogP contribution >= 0.6 is 11.3 Å². The van der Waals surface area contributed by atoms with Crippen molar-refractivity contribution in [3.8, 4) is 0 Å². The number of thiophene rings is 1. The van der Waals surface area contributed by atoms with Crippen molar-refractivity contribution in [1.29, 1.82) is 0 Å². The van der Waals surface area contributed by atoms with E-state index < -0.39 is 0 Å². The molecule has 2 fully saturated rings. The van der Waals surface area contributed by atoms with Crippen molar-refractivity contribution in [1.82, 2.24) is 10.2 Å². The van der Waals surface area contributed by atoms with Crippen LogP contribution < -0.4 is 5.32 Å². The number of likely N-dealkylation sites (tertiary alicyclic amines) is 1. The summed E-state index contributed by atoms with van der Waals surface area (Å²) >= 11 is 1.67. The SMILES string of the molecule is Cc1ccsc1CNC(=O)[C@@H]1CCCCN1C(=O)[C@H]1C[C@@H]1C. The molecule has 3 atom stereocenters. The van der Waals surface area contributed by atoms with Gasteiger partial charge < -0.3 is 10.2 Å². The van der Waals surface area contributed by atoms with Gasteiger partial charge in [-0.2, -0.15) is 0 Å². The van der Waals surface area contributed by atoms with Gasteiger partial charge in [0, 0.05) is 17.3 Å². The summed E-state index contributed by atoms with van der Waals surface area (Å²) in [7, 11) is 0. The quantitative estimate of drug-likeness (QED) is 0.927. The number of aryl methyl sites for hydroxylation is 1.